The molecular weight excluding hydrogens is 132 g/mol. The van der Waals surface area contributed by atoms with E-state index in [1.165, 1.54) is 0 Å². The average Bonchev–Trinajstić information content (AvgIpc) is 1.87. The zero-order valence-electron chi connectivity index (χ0n) is 6.21. The molecule has 0 bridgehead atoms. The second kappa shape index (κ2) is 5.23. The number of aliphatic carboxylic acids is 1. The molecule has 0 radical (unpaired) electrons. The Hall–Kier alpha value is -0.570. The molecule has 0 fully saturated rings. The normalized spacial score (nSPS) is 13.0. The monoisotopic (exact) mass is 146 g/mol. The molecule has 0 amide bonds. The van der Waals surface area contributed by atoms with E-state index in [-0.39, 0.29) is 12.5 Å². The van der Waals surface area contributed by atoms with E-state index in [0.717, 1.165) is 0 Å². The van der Waals surface area contributed by atoms with Crippen molar-refractivity contribution in [2.45, 2.75) is 38.7 Å². The Balaban J connectivity index is 3.11. The van der Waals surface area contributed by atoms with E-state index in [9.17, 15) is 4.79 Å². The van der Waals surface area contributed by atoms with Crippen molar-refractivity contribution in [2.24, 2.45) is 0 Å². The van der Waals surface area contributed by atoms with Crippen molar-refractivity contribution < 1.29 is 15.0 Å². The highest BCUT2D eigenvalue weighted by atomic mass is 16.4. The lowest BCUT2D eigenvalue weighted by molar-refractivity contribution is -0.137. The van der Waals surface area contributed by atoms with E-state index < -0.39 is 5.97 Å². The van der Waals surface area contributed by atoms with Gasteiger partial charge in [-0.2, -0.15) is 0 Å². The molecule has 0 aromatic heterocycles. The molecule has 0 saturated carbocycles. The Bertz CT molecular complexity index is 101. The summed E-state index contributed by atoms with van der Waals surface area (Å²) in [7, 11) is 0. The van der Waals surface area contributed by atoms with Crippen molar-refractivity contribution in [3.63, 3.8) is 0 Å². The molecule has 3 nitrogen and oxygen atoms in total. The van der Waals surface area contributed by atoms with Crippen molar-refractivity contribution in [2.75, 3.05) is 0 Å². The van der Waals surface area contributed by atoms with Crippen LogP contribution < -0.4 is 0 Å². The summed E-state index contributed by atoms with van der Waals surface area (Å²) in [4.78, 5) is 9.99. The summed E-state index contributed by atoms with van der Waals surface area (Å²) in [6, 6.07) is 0. The molecule has 0 heterocycles. The molecule has 0 rings (SSSR count). The molecule has 10 heavy (non-hydrogen) atoms. The van der Waals surface area contributed by atoms with E-state index in [2.05, 4.69) is 0 Å². The third-order valence-corrected chi connectivity index (χ3v) is 1.40. The van der Waals surface area contributed by atoms with Gasteiger partial charge in [-0.15, -0.1) is 0 Å². The molecule has 2 N–H and O–H groups in total. The molecule has 0 aromatic carbocycles. The van der Waals surface area contributed by atoms with E-state index in [1.807, 2.05) is 6.92 Å². The standard InChI is InChI=1S/C7H14O3/c1-2-6(8)4-3-5-7(9)10/h6,8H,2-5H2,1H3,(H,9,10)/t6-/m1/s1. The minimum absolute atomic E-state index is 0.164. The predicted molar refractivity (Wildman–Crippen MR) is 37.8 cm³/mol. The van der Waals surface area contributed by atoms with Gasteiger partial charge in [0.15, 0.2) is 0 Å². The molecule has 0 aliphatic carbocycles. The van der Waals surface area contributed by atoms with Gasteiger partial charge < -0.3 is 10.2 Å². The number of hydrogen-bond acceptors (Lipinski definition) is 2. The smallest absolute Gasteiger partial charge is 0.303 e. The van der Waals surface area contributed by atoms with Crippen LogP contribution in [0.15, 0.2) is 0 Å². The van der Waals surface area contributed by atoms with Gasteiger partial charge in [-0.25, -0.2) is 0 Å². The maximum atomic E-state index is 9.99. The second-order valence-corrected chi connectivity index (χ2v) is 2.35. The van der Waals surface area contributed by atoms with Gasteiger partial charge in [0.25, 0.3) is 0 Å². The highest BCUT2D eigenvalue weighted by Gasteiger charge is 2.01. The summed E-state index contributed by atoms with van der Waals surface area (Å²) >= 11 is 0. The van der Waals surface area contributed by atoms with Crippen LogP contribution in [0.3, 0.4) is 0 Å². The largest absolute Gasteiger partial charge is 0.481 e. The number of carboxylic acid groups (broad SMARTS) is 1. The SMILES string of the molecule is CC[C@@H](O)CCCC(=O)O. The number of carboxylic acids is 1. The van der Waals surface area contributed by atoms with Gasteiger partial charge in [0, 0.05) is 6.42 Å². The number of aliphatic hydroxyl groups is 1. The number of hydrogen-bond donors (Lipinski definition) is 2. The van der Waals surface area contributed by atoms with E-state index >= 15 is 0 Å². The third-order valence-electron chi connectivity index (χ3n) is 1.40. The first-order valence-electron chi connectivity index (χ1n) is 3.56. The Kier molecular flexibility index (Phi) is 4.94. The summed E-state index contributed by atoms with van der Waals surface area (Å²) in [5.74, 6) is -0.789. The number of aliphatic hydroxyl groups excluding tert-OH is 1. The van der Waals surface area contributed by atoms with Crippen LogP contribution in [-0.2, 0) is 4.79 Å². The van der Waals surface area contributed by atoms with Gasteiger partial charge >= 0.3 is 5.97 Å². The minimum Gasteiger partial charge on any atom is -0.481 e. The molecule has 3 heteroatoms. The zero-order valence-corrected chi connectivity index (χ0v) is 6.21. The van der Waals surface area contributed by atoms with Crippen molar-refractivity contribution in [1.29, 1.82) is 0 Å². The lowest BCUT2D eigenvalue weighted by Gasteiger charge is -2.04. The summed E-state index contributed by atoms with van der Waals surface area (Å²) in [6.07, 6.45) is 1.73. The molecule has 1 atom stereocenters. The molecular formula is C7H14O3. The molecule has 60 valence electrons. The maximum Gasteiger partial charge on any atom is 0.303 e. The van der Waals surface area contributed by atoms with Crippen LogP contribution in [0.5, 0.6) is 0 Å². The number of carbonyl (C=O) groups is 1. The lowest BCUT2D eigenvalue weighted by atomic mass is 10.1. The van der Waals surface area contributed by atoms with Gasteiger partial charge in [-0.1, -0.05) is 6.92 Å². The number of rotatable bonds is 5. The Morgan fingerprint density at radius 2 is 2.20 bits per heavy atom. The fraction of sp³-hybridized carbons (Fsp3) is 0.857. The maximum absolute atomic E-state index is 9.99. The average molecular weight is 146 g/mol. The summed E-state index contributed by atoms with van der Waals surface area (Å²) in [6.45, 7) is 1.88. The van der Waals surface area contributed by atoms with Crippen LogP contribution in [0, 0.1) is 0 Å². The van der Waals surface area contributed by atoms with Crippen molar-refractivity contribution >= 4 is 5.97 Å². The third kappa shape index (κ3) is 5.56. The van der Waals surface area contributed by atoms with Crippen LogP contribution in [0.4, 0.5) is 0 Å². The van der Waals surface area contributed by atoms with Crippen LogP contribution in [0.2, 0.25) is 0 Å². The fourth-order valence-electron chi connectivity index (χ4n) is 0.693. The van der Waals surface area contributed by atoms with Crippen molar-refractivity contribution in [3.8, 4) is 0 Å². The van der Waals surface area contributed by atoms with Gasteiger partial charge in [0.05, 0.1) is 6.10 Å². The van der Waals surface area contributed by atoms with Crippen molar-refractivity contribution in [1.82, 2.24) is 0 Å². The van der Waals surface area contributed by atoms with E-state index in [0.29, 0.717) is 19.3 Å². The molecule has 0 spiro atoms. The van der Waals surface area contributed by atoms with Crippen LogP contribution in [-0.4, -0.2) is 22.3 Å². The van der Waals surface area contributed by atoms with Gasteiger partial charge in [-0.3, -0.25) is 4.79 Å². The van der Waals surface area contributed by atoms with Gasteiger partial charge in [-0.05, 0) is 19.3 Å². The molecule has 0 saturated heterocycles. The first-order valence-corrected chi connectivity index (χ1v) is 3.56. The Morgan fingerprint density at radius 3 is 2.60 bits per heavy atom. The first kappa shape index (κ1) is 9.43. The summed E-state index contributed by atoms with van der Waals surface area (Å²) < 4.78 is 0. The van der Waals surface area contributed by atoms with Gasteiger partial charge in [0.2, 0.25) is 0 Å². The Morgan fingerprint density at radius 1 is 1.60 bits per heavy atom. The van der Waals surface area contributed by atoms with Gasteiger partial charge in [0.1, 0.15) is 0 Å². The van der Waals surface area contributed by atoms with E-state index in [1.54, 1.807) is 0 Å². The molecule has 0 aliphatic heterocycles. The van der Waals surface area contributed by atoms with E-state index in [4.69, 9.17) is 10.2 Å². The second-order valence-electron chi connectivity index (χ2n) is 2.35. The Labute approximate surface area is 60.7 Å². The zero-order chi connectivity index (χ0) is 7.98. The molecule has 0 aliphatic rings. The van der Waals surface area contributed by atoms with Crippen LogP contribution >= 0.6 is 0 Å². The molecule has 0 unspecified atom stereocenters. The van der Waals surface area contributed by atoms with Crippen LogP contribution in [0.25, 0.3) is 0 Å². The van der Waals surface area contributed by atoms with Crippen molar-refractivity contribution in [3.05, 3.63) is 0 Å². The minimum atomic E-state index is -0.789. The lowest BCUT2D eigenvalue weighted by Crippen LogP contribution is -2.05. The first-order chi connectivity index (χ1) is 4.66. The predicted octanol–water partition coefficient (Wildman–Crippen LogP) is 1.01. The van der Waals surface area contributed by atoms with Crippen LogP contribution in [0.1, 0.15) is 32.6 Å². The quantitative estimate of drug-likeness (QED) is 0.608. The summed E-state index contributed by atoms with van der Waals surface area (Å²) in [5, 5.41) is 17.2. The topological polar surface area (TPSA) is 57.5 Å². The fourth-order valence-corrected chi connectivity index (χ4v) is 0.693. The molecule has 0 aromatic rings. The highest BCUT2D eigenvalue weighted by molar-refractivity contribution is 5.66. The highest BCUT2D eigenvalue weighted by Crippen LogP contribution is 2.03. The summed E-state index contributed by atoms with van der Waals surface area (Å²) in [5.41, 5.74) is 0.